The number of ether oxygens (including phenoxy) is 1. The molecule has 0 unspecified atom stereocenters. The van der Waals surface area contributed by atoms with Crippen molar-refractivity contribution in [3.05, 3.63) is 0 Å². The SMILES string of the molecule is COC(=NC(=O)NC(C)C)NC(=O)NC(C)(C)C. The number of nitrogens with zero attached hydrogens (tertiary/aromatic N) is 1. The maximum Gasteiger partial charge on any atom is 0.345 e. The summed E-state index contributed by atoms with van der Waals surface area (Å²) in [6.07, 6.45) is 0. The smallest absolute Gasteiger partial charge is 0.345 e. The first-order valence-electron chi connectivity index (χ1n) is 5.66. The van der Waals surface area contributed by atoms with Crippen LogP contribution in [0.3, 0.4) is 0 Å². The molecule has 0 aromatic heterocycles. The second kappa shape index (κ2) is 6.83. The Hall–Kier alpha value is -1.79. The van der Waals surface area contributed by atoms with Gasteiger partial charge < -0.3 is 15.4 Å². The third kappa shape index (κ3) is 8.37. The monoisotopic (exact) mass is 258 g/mol. The molecule has 0 heterocycles. The summed E-state index contributed by atoms with van der Waals surface area (Å²) in [4.78, 5) is 26.4. The van der Waals surface area contributed by atoms with Crippen molar-refractivity contribution in [3.8, 4) is 0 Å². The fourth-order valence-corrected chi connectivity index (χ4v) is 0.965. The zero-order chi connectivity index (χ0) is 14.3. The lowest BCUT2D eigenvalue weighted by Crippen LogP contribution is -2.49. The van der Waals surface area contributed by atoms with E-state index in [1.807, 2.05) is 20.8 Å². The Morgan fingerprint density at radius 1 is 1.22 bits per heavy atom. The van der Waals surface area contributed by atoms with Crippen molar-refractivity contribution < 1.29 is 14.3 Å². The topological polar surface area (TPSA) is 91.8 Å². The summed E-state index contributed by atoms with van der Waals surface area (Å²) < 4.78 is 4.80. The van der Waals surface area contributed by atoms with Gasteiger partial charge in [0.05, 0.1) is 7.11 Å². The van der Waals surface area contributed by atoms with Gasteiger partial charge in [0, 0.05) is 11.6 Å². The fourth-order valence-electron chi connectivity index (χ4n) is 0.965. The van der Waals surface area contributed by atoms with Crippen LogP contribution in [0.4, 0.5) is 9.59 Å². The highest BCUT2D eigenvalue weighted by molar-refractivity contribution is 5.98. The van der Waals surface area contributed by atoms with E-state index in [0.29, 0.717) is 0 Å². The Balaban J connectivity index is 4.47. The van der Waals surface area contributed by atoms with Crippen LogP contribution in [0.25, 0.3) is 0 Å². The van der Waals surface area contributed by atoms with E-state index in [2.05, 4.69) is 20.9 Å². The Labute approximate surface area is 107 Å². The van der Waals surface area contributed by atoms with Crippen LogP contribution in [0.2, 0.25) is 0 Å². The van der Waals surface area contributed by atoms with Gasteiger partial charge in [-0.1, -0.05) is 0 Å². The quantitative estimate of drug-likeness (QED) is 0.487. The van der Waals surface area contributed by atoms with Crippen molar-refractivity contribution >= 4 is 18.1 Å². The van der Waals surface area contributed by atoms with Gasteiger partial charge in [0.25, 0.3) is 0 Å². The molecule has 3 N–H and O–H groups in total. The number of hydrogen-bond acceptors (Lipinski definition) is 3. The molecule has 0 aromatic carbocycles. The van der Waals surface area contributed by atoms with Crippen LogP contribution < -0.4 is 16.0 Å². The van der Waals surface area contributed by atoms with Crippen molar-refractivity contribution in [1.82, 2.24) is 16.0 Å². The number of carbonyl (C=O) groups excluding carboxylic acids is 2. The van der Waals surface area contributed by atoms with E-state index in [1.54, 1.807) is 13.8 Å². The third-order valence-corrected chi connectivity index (χ3v) is 1.52. The number of aliphatic imine (C=N–C) groups is 1. The molecule has 0 saturated heterocycles. The number of carbonyl (C=O) groups is 2. The minimum Gasteiger partial charge on any atom is -0.468 e. The van der Waals surface area contributed by atoms with E-state index >= 15 is 0 Å². The number of amides is 4. The Bertz CT molecular complexity index is 332. The zero-order valence-corrected chi connectivity index (χ0v) is 11.7. The highest BCUT2D eigenvalue weighted by atomic mass is 16.5. The van der Waals surface area contributed by atoms with Gasteiger partial charge in [-0.15, -0.1) is 4.99 Å². The van der Waals surface area contributed by atoms with E-state index in [4.69, 9.17) is 4.74 Å². The van der Waals surface area contributed by atoms with Gasteiger partial charge in [-0.2, -0.15) is 0 Å². The van der Waals surface area contributed by atoms with E-state index in [-0.39, 0.29) is 17.6 Å². The van der Waals surface area contributed by atoms with Crippen LogP contribution in [0.5, 0.6) is 0 Å². The fraction of sp³-hybridized carbons (Fsp3) is 0.727. The molecule has 0 aliphatic carbocycles. The average Bonchev–Trinajstić information content (AvgIpc) is 2.11. The van der Waals surface area contributed by atoms with Crippen molar-refractivity contribution in [2.45, 2.75) is 46.2 Å². The second-order valence-corrected chi connectivity index (χ2v) is 5.05. The molecule has 0 radical (unpaired) electrons. The zero-order valence-electron chi connectivity index (χ0n) is 11.7. The normalized spacial score (nSPS) is 12.1. The van der Waals surface area contributed by atoms with Gasteiger partial charge in [0.15, 0.2) is 0 Å². The largest absolute Gasteiger partial charge is 0.468 e. The molecule has 7 nitrogen and oxygen atoms in total. The number of urea groups is 2. The maximum absolute atomic E-state index is 11.5. The average molecular weight is 258 g/mol. The standard InChI is InChI=1S/C11H22N4O3/c1-7(2)12-8(16)13-10(18-6)14-9(17)15-11(3,4)5/h7H,1-6H3,(H3,12,13,14,15,16,17). The summed E-state index contributed by atoms with van der Waals surface area (Å²) in [5.41, 5.74) is -0.386. The lowest BCUT2D eigenvalue weighted by molar-refractivity contribution is 0.233. The number of rotatable bonds is 1. The molecule has 0 rings (SSSR count). The van der Waals surface area contributed by atoms with E-state index < -0.39 is 12.1 Å². The van der Waals surface area contributed by atoms with Crippen LogP contribution in [0, 0.1) is 0 Å². The predicted molar refractivity (Wildman–Crippen MR) is 69.5 cm³/mol. The minimum absolute atomic E-state index is 0.0391. The van der Waals surface area contributed by atoms with Crippen molar-refractivity contribution in [3.63, 3.8) is 0 Å². The van der Waals surface area contributed by atoms with Crippen molar-refractivity contribution in [2.75, 3.05) is 7.11 Å². The van der Waals surface area contributed by atoms with Gasteiger partial charge in [0.1, 0.15) is 0 Å². The summed E-state index contributed by atoms with van der Waals surface area (Å²) in [6.45, 7) is 9.12. The molecule has 0 aromatic rings. The van der Waals surface area contributed by atoms with Crippen LogP contribution in [0.15, 0.2) is 4.99 Å². The Kier molecular flexibility index (Phi) is 6.15. The molecular formula is C11H22N4O3. The highest BCUT2D eigenvalue weighted by Gasteiger charge is 2.15. The van der Waals surface area contributed by atoms with Crippen molar-refractivity contribution in [2.24, 2.45) is 4.99 Å². The van der Waals surface area contributed by atoms with Gasteiger partial charge in [0.2, 0.25) is 0 Å². The lowest BCUT2D eigenvalue weighted by atomic mass is 10.1. The second-order valence-electron chi connectivity index (χ2n) is 5.05. The molecule has 0 fully saturated rings. The molecule has 7 heteroatoms. The van der Waals surface area contributed by atoms with Crippen LogP contribution in [0.1, 0.15) is 34.6 Å². The number of amidine groups is 1. The highest BCUT2D eigenvalue weighted by Crippen LogP contribution is 1.97. The molecule has 0 bridgehead atoms. The summed E-state index contributed by atoms with van der Waals surface area (Å²) in [5.74, 6) is 0. The Morgan fingerprint density at radius 2 is 1.78 bits per heavy atom. The predicted octanol–water partition coefficient (Wildman–Crippen LogP) is 1.20. The number of nitrogens with one attached hydrogen (secondary N) is 3. The molecule has 0 aliphatic heterocycles. The molecule has 104 valence electrons. The first-order valence-corrected chi connectivity index (χ1v) is 5.66. The third-order valence-electron chi connectivity index (χ3n) is 1.52. The van der Waals surface area contributed by atoms with Gasteiger partial charge >= 0.3 is 18.1 Å². The van der Waals surface area contributed by atoms with E-state index in [0.717, 1.165) is 0 Å². The van der Waals surface area contributed by atoms with Crippen molar-refractivity contribution in [1.29, 1.82) is 0 Å². The maximum atomic E-state index is 11.5. The Morgan fingerprint density at radius 3 is 2.17 bits per heavy atom. The lowest BCUT2D eigenvalue weighted by Gasteiger charge is -2.20. The summed E-state index contributed by atoms with van der Waals surface area (Å²) in [6, 6.07) is -1.25. The van der Waals surface area contributed by atoms with Crippen LogP contribution in [-0.2, 0) is 4.74 Å². The molecule has 0 aliphatic rings. The minimum atomic E-state index is -0.571. The first kappa shape index (κ1) is 16.2. The van der Waals surface area contributed by atoms with Gasteiger partial charge in [-0.3, -0.25) is 5.32 Å². The number of hydrogen-bond donors (Lipinski definition) is 3. The molecule has 0 spiro atoms. The molecule has 4 amide bonds. The summed E-state index contributed by atoms with van der Waals surface area (Å²) in [7, 11) is 1.32. The van der Waals surface area contributed by atoms with Gasteiger partial charge in [-0.05, 0) is 34.6 Å². The first-order chi connectivity index (χ1) is 8.14. The number of methoxy groups -OCH3 is 1. The van der Waals surface area contributed by atoms with E-state index in [1.165, 1.54) is 7.11 Å². The molecule has 0 saturated carbocycles. The summed E-state index contributed by atoms with van der Waals surface area (Å²) >= 11 is 0. The molecule has 0 atom stereocenters. The summed E-state index contributed by atoms with van der Waals surface area (Å²) in [5, 5.41) is 7.55. The molecular weight excluding hydrogens is 236 g/mol. The molecule has 18 heavy (non-hydrogen) atoms. The van der Waals surface area contributed by atoms with Gasteiger partial charge in [-0.25, -0.2) is 9.59 Å². The van der Waals surface area contributed by atoms with Crippen LogP contribution in [-0.4, -0.2) is 36.8 Å². The van der Waals surface area contributed by atoms with E-state index in [9.17, 15) is 9.59 Å². The van der Waals surface area contributed by atoms with Crippen LogP contribution >= 0.6 is 0 Å².